The average Bonchev–Trinajstić information content (AvgIpc) is 2.79. The Bertz CT molecular complexity index is 610. The molecule has 1 N–H and O–H groups in total. The lowest BCUT2D eigenvalue weighted by Gasteiger charge is -2.24. The van der Waals surface area contributed by atoms with Crippen LogP contribution in [-0.4, -0.2) is 17.7 Å². The number of benzene rings is 1. The first kappa shape index (κ1) is 13.2. The quantitative estimate of drug-likeness (QED) is 0.813. The highest BCUT2D eigenvalue weighted by Gasteiger charge is 2.16. The summed E-state index contributed by atoms with van der Waals surface area (Å²) < 4.78 is 10.9. The van der Waals surface area contributed by atoms with Crippen molar-refractivity contribution in [2.75, 3.05) is 6.61 Å². The van der Waals surface area contributed by atoms with Gasteiger partial charge >= 0.3 is 5.97 Å². The predicted molar refractivity (Wildman–Crippen MR) is 74.8 cm³/mol. The molecule has 0 unspecified atom stereocenters. The highest BCUT2D eigenvalue weighted by Crippen LogP contribution is 2.29. The number of rotatable bonds is 6. The van der Waals surface area contributed by atoms with E-state index in [9.17, 15) is 4.79 Å². The molecule has 1 aliphatic rings. The van der Waals surface area contributed by atoms with Crippen molar-refractivity contribution in [3.8, 4) is 0 Å². The third kappa shape index (κ3) is 2.85. The molecule has 1 aromatic carbocycles. The molecule has 0 saturated heterocycles. The van der Waals surface area contributed by atoms with Crippen LogP contribution in [0.25, 0.3) is 11.0 Å². The predicted octanol–water partition coefficient (Wildman–Crippen LogP) is 3.84. The van der Waals surface area contributed by atoms with E-state index in [0.717, 1.165) is 29.9 Å². The smallest absolute Gasteiger partial charge is 0.371 e. The Morgan fingerprint density at radius 2 is 2.20 bits per heavy atom. The summed E-state index contributed by atoms with van der Waals surface area (Å²) in [6.07, 6.45) is 5.22. The van der Waals surface area contributed by atoms with Crippen LogP contribution in [0.4, 0.5) is 0 Å². The largest absolute Gasteiger partial charge is 0.475 e. The Morgan fingerprint density at radius 3 is 2.90 bits per heavy atom. The van der Waals surface area contributed by atoms with Gasteiger partial charge in [-0.15, -0.1) is 0 Å². The van der Waals surface area contributed by atoms with Crippen LogP contribution in [0.2, 0.25) is 0 Å². The van der Waals surface area contributed by atoms with Crippen LogP contribution in [0.5, 0.6) is 0 Å². The topological polar surface area (TPSA) is 59.7 Å². The van der Waals surface area contributed by atoms with E-state index in [1.54, 1.807) is 12.1 Å². The van der Waals surface area contributed by atoms with Crippen molar-refractivity contribution >= 4 is 16.9 Å². The second-order valence-corrected chi connectivity index (χ2v) is 5.43. The number of hydrogen-bond donors (Lipinski definition) is 1. The molecule has 0 aliphatic heterocycles. The summed E-state index contributed by atoms with van der Waals surface area (Å²) >= 11 is 0. The number of carboxylic acids is 1. The number of carbonyl (C=O) groups is 1. The van der Waals surface area contributed by atoms with Gasteiger partial charge in [0.15, 0.2) is 0 Å². The number of furan rings is 1. The second-order valence-electron chi connectivity index (χ2n) is 5.43. The molecule has 4 nitrogen and oxygen atoms in total. The molecule has 106 valence electrons. The van der Waals surface area contributed by atoms with Crippen molar-refractivity contribution in [3.63, 3.8) is 0 Å². The Kier molecular flexibility index (Phi) is 3.74. The van der Waals surface area contributed by atoms with E-state index in [1.807, 2.05) is 12.1 Å². The van der Waals surface area contributed by atoms with Gasteiger partial charge in [0.2, 0.25) is 5.76 Å². The molecule has 3 rings (SSSR count). The van der Waals surface area contributed by atoms with Gasteiger partial charge in [-0.2, -0.15) is 0 Å². The van der Waals surface area contributed by atoms with Gasteiger partial charge in [0, 0.05) is 12.0 Å². The first-order chi connectivity index (χ1) is 9.72. The first-order valence-corrected chi connectivity index (χ1v) is 7.06. The molecule has 1 aliphatic carbocycles. The number of ether oxygens (including phenoxy) is 1. The van der Waals surface area contributed by atoms with E-state index in [2.05, 4.69) is 0 Å². The number of hydrogen-bond acceptors (Lipinski definition) is 3. The fraction of sp³-hybridized carbons (Fsp3) is 0.438. The van der Waals surface area contributed by atoms with Crippen LogP contribution in [0.3, 0.4) is 0 Å². The van der Waals surface area contributed by atoms with Gasteiger partial charge < -0.3 is 14.3 Å². The second kappa shape index (κ2) is 5.67. The van der Waals surface area contributed by atoms with Gasteiger partial charge in [-0.05, 0) is 36.1 Å². The van der Waals surface area contributed by atoms with E-state index in [-0.39, 0.29) is 5.76 Å². The molecule has 0 amide bonds. The Morgan fingerprint density at radius 1 is 1.35 bits per heavy atom. The lowest BCUT2D eigenvalue weighted by Crippen LogP contribution is -2.13. The van der Waals surface area contributed by atoms with Crippen molar-refractivity contribution in [2.24, 2.45) is 5.92 Å². The minimum absolute atomic E-state index is 0.0250. The lowest BCUT2D eigenvalue weighted by molar-refractivity contribution is 0.0665. The minimum Gasteiger partial charge on any atom is -0.475 e. The lowest BCUT2D eigenvalue weighted by atomic mass is 9.83. The summed E-state index contributed by atoms with van der Waals surface area (Å²) in [5, 5.41) is 9.70. The van der Waals surface area contributed by atoms with Crippen molar-refractivity contribution in [1.82, 2.24) is 0 Å². The normalized spacial score (nSPS) is 15.4. The highest BCUT2D eigenvalue weighted by atomic mass is 16.5. The number of fused-ring (bicyclic) bond motifs is 1. The van der Waals surface area contributed by atoms with Gasteiger partial charge in [0.1, 0.15) is 5.58 Å². The minimum atomic E-state index is -1.04. The Hall–Kier alpha value is -1.81. The number of carboxylic acid groups (broad SMARTS) is 1. The fourth-order valence-corrected chi connectivity index (χ4v) is 2.51. The molecule has 1 fully saturated rings. The third-order valence-electron chi connectivity index (χ3n) is 3.96. The standard InChI is InChI=1S/C16H18O4/c17-16(18)15-9-13-8-12(4-5-14(13)20-15)10-19-7-6-11-2-1-3-11/h4-5,8-9,11H,1-3,6-7,10H2,(H,17,18). The van der Waals surface area contributed by atoms with Gasteiger partial charge in [0.05, 0.1) is 6.61 Å². The first-order valence-electron chi connectivity index (χ1n) is 7.06. The summed E-state index contributed by atoms with van der Waals surface area (Å²) in [5.74, 6) is -0.202. The molecular formula is C16H18O4. The van der Waals surface area contributed by atoms with Gasteiger partial charge in [-0.1, -0.05) is 25.3 Å². The zero-order chi connectivity index (χ0) is 13.9. The SMILES string of the molecule is O=C(O)c1cc2cc(COCCC3CCC3)ccc2o1. The summed E-state index contributed by atoms with van der Waals surface area (Å²) in [5.41, 5.74) is 1.64. The summed E-state index contributed by atoms with van der Waals surface area (Å²) in [6.45, 7) is 1.37. The van der Waals surface area contributed by atoms with Gasteiger partial charge in [-0.25, -0.2) is 4.79 Å². The molecule has 0 bridgehead atoms. The molecule has 0 atom stereocenters. The third-order valence-corrected chi connectivity index (χ3v) is 3.96. The summed E-state index contributed by atoms with van der Waals surface area (Å²) in [7, 11) is 0. The van der Waals surface area contributed by atoms with E-state index >= 15 is 0 Å². The Labute approximate surface area is 117 Å². The van der Waals surface area contributed by atoms with Crippen molar-refractivity contribution in [2.45, 2.75) is 32.3 Å². The monoisotopic (exact) mass is 274 g/mol. The van der Waals surface area contributed by atoms with Gasteiger partial charge in [0.25, 0.3) is 0 Å². The molecule has 20 heavy (non-hydrogen) atoms. The zero-order valence-electron chi connectivity index (χ0n) is 11.3. The molecular weight excluding hydrogens is 256 g/mol. The Balaban J connectivity index is 1.58. The van der Waals surface area contributed by atoms with E-state index in [4.69, 9.17) is 14.3 Å². The molecule has 1 saturated carbocycles. The molecule has 2 aromatic rings. The summed E-state index contributed by atoms with van der Waals surface area (Å²) in [6, 6.07) is 7.19. The molecule has 0 spiro atoms. The van der Waals surface area contributed by atoms with Crippen LogP contribution in [-0.2, 0) is 11.3 Å². The molecule has 1 aromatic heterocycles. The molecule has 4 heteroatoms. The fourth-order valence-electron chi connectivity index (χ4n) is 2.51. The van der Waals surface area contributed by atoms with E-state index in [1.165, 1.54) is 19.3 Å². The van der Waals surface area contributed by atoms with Crippen LogP contribution in [0.15, 0.2) is 28.7 Å². The van der Waals surface area contributed by atoms with E-state index < -0.39 is 5.97 Å². The van der Waals surface area contributed by atoms with Crippen LogP contribution in [0, 0.1) is 5.92 Å². The maximum atomic E-state index is 10.8. The maximum Gasteiger partial charge on any atom is 0.371 e. The number of aromatic carboxylic acids is 1. The van der Waals surface area contributed by atoms with Crippen LogP contribution < -0.4 is 0 Å². The van der Waals surface area contributed by atoms with Crippen molar-refractivity contribution in [3.05, 3.63) is 35.6 Å². The van der Waals surface area contributed by atoms with E-state index in [0.29, 0.717) is 12.2 Å². The van der Waals surface area contributed by atoms with Crippen molar-refractivity contribution in [1.29, 1.82) is 0 Å². The average molecular weight is 274 g/mol. The zero-order valence-corrected chi connectivity index (χ0v) is 11.3. The van der Waals surface area contributed by atoms with Crippen molar-refractivity contribution < 1.29 is 19.1 Å². The summed E-state index contributed by atoms with van der Waals surface area (Å²) in [4.78, 5) is 10.8. The highest BCUT2D eigenvalue weighted by molar-refractivity contribution is 5.91. The maximum absolute atomic E-state index is 10.8. The van der Waals surface area contributed by atoms with Gasteiger partial charge in [-0.3, -0.25) is 0 Å². The molecule has 1 heterocycles. The molecule has 0 radical (unpaired) electrons. The van der Waals surface area contributed by atoms with Crippen LogP contribution >= 0.6 is 0 Å². The van der Waals surface area contributed by atoms with Crippen LogP contribution in [0.1, 0.15) is 41.8 Å².